The highest BCUT2D eigenvalue weighted by Crippen LogP contribution is 2.31. The number of aromatic nitrogens is 1. The van der Waals surface area contributed by atoms with Crippen LogP contribution in [-0.2, 0) is 16.6 Å². The molecule has 0 unspecified atom stereocenters. The van der Waals surface area contributed by atoms with Gasteiger partial charge in [-0.2, -0.15) is 0 Å². The van der Waals surface area contributed by atoms with Gasteiger partial charge >= 0.3 is 0 Å². The van der Waals surface area contributed by atoms with Crippen LogP contribution in [0.3, 0.4) is 0 Å². The quantitative estimate of drug-likeness (QED) is 0.818. The maximum absolute atomic E-state index is 12.4. The van der Waals surface area contributed by atoms with Crippen molar-refractivity contribution in [3.63, 3.8) is 0 Å². The normalized spacial score (nSPS) is 20.5. The van der Waals surface area contributed by atoms with Crippen molar-refractivity contribution in [2.75, 3.05) is 26.2 Å². The summed E-state index contributed by atoms with van der Waals surface area (Å²) >= 11 is 0. The molecule has 0 atom stereocenters. The van der Waals surface area contributed by atoms with Crippen LogP contribution in [0.5, 0.6) is 0 Å². The van der Waals surface area contributed by atoms with Crippen molar-refractivity contribution in [3.8, 4) is 11.3 Å². The monoisotopic (exact) mass is 361 g/mol. The summed E-state index contributed by atoms with van der Waals surface area (Å²) in [6, 6.07) is 11.9. The van der Waals surface area contributed by atoms with E-state index < -0.39 is 10.0 Å². The number of nitrogens with zero attached hydrogens (tertiary/aromatic N) is 3. The highest BCUT2D eigenvalue weighted by Gasteiger charge is 2.40. The Morgan fingerprint density at radius 2 is 1.88 bits per heavy atom. The molecule has 1 aliphatic heterocycles. The van der Waals surface area contributed by atoms with E-state index in [0.717, 1.165) is 49.4 Å². The van der Waals surface area contributed by atoms with Crippen molar-refractivity contribution in [2.24, 2.45) is 0 Å². The predicted molar refractivity (Wildman–Crippen MR) is 95.3 cm³/mol. The van der Waals surface area contributed by atoms with E-state index in [1.54, 1.807) is 4.31 Å². The summed E-state index contributed by atoms with van der Waals surface area (Å²) in [5.41, 5.74) is 1.87. The van der Waals surface area contributed by atoms with E-state index in [1.807, 2.05) is 36.4 Å². The van der Waals surface area contributed by atoms with Crippen molar-refractivity contribution in [2.45, 2.75) is 31.1 Å². The summed E-state index contributed by atoms with van der Waals surface area (Å²) in [6.07, 6.45) is 2.50. The molecule has 0 spiro atoms. The van der Waals surface area contributed by atoms with Crippen molar-refractivity contribution in [1.82, 2.24) is 14.4 Å². The predicted octanol–water partition coefficient (Wildman–Crippen LogP) is 2.34. The minimum absolute atomic E-state index is 0.123. The van der Waals surface area contributed by atoms with Crippen LogP contribution in [-0.4, -0.2) is 54.2 Å². The Kier molecular flexibility index (Phi) is 4.62. The van der Waals surface area contributed by atoms with Crippen LogP contribution in [0.4, 0.5) is 0 Å². The van der Waals surface area contributed by atoms with Gasteiger partial charge in [-0.25, -0.2) is 12.7 Å². The summed E-state index contributed by atoms with van der Waals surface area (Å²) in [5, 5.41) is 4.03. The van der Waals surface area contributed by atoms with Gasteiger partial charge in [-0.1, -0.05) is 35.5 Å². The molecule has 0 bridgehead atoms. The topological polar surface area (TPSA) is 66.7 Å². The van der Waals surface area contributed by atoms with Gasteiger partial charge in [-0.05, 0) is 25.8 Å². The molecule has 6 nitrogen and oxygen atoms in total. The zero-order valence-corrected chi connectivity index (χ0v) is 15.0. The lowest BCUT2D eigenvalue weighted by molar-refractivity contribution is 0.241. The molecule has 2 aromatic rings. The van der Waals surface area contributed by atoms with Crippen molar-refractivity contribution >= 4 is 10.0 Å². The van der Waals surface area contributed by atoms with Crippen LogP contribution in [0, 0.1) is 0 Å². The Labute approximate surface area is 148 Å². The Morgan fingerprint density at radius 3 is 2.64 bits per heavy atom. The van der Waals surface area contributed by atoms with Gasteiger partial charge in [-0.3, -0.25) is 4.90 Å². The van der Waals surface area contributed by atoms with Crippen LogP contribution in [0.1, 0.15) is 25.0 Å². The molecule has 25 heavy (non-hydrogen) atoms. The summed E-state index contributed by atoms with van der Waals surface area (Å²) in [4.78, 5) is 2.25. The molecular weight excluding hydrogens is 338 g/mol. The largest absolute Gasteiger partial charge is 0.359 e. The molecule has 1 aromatic heterocycles. The summed E-state index contributed by atoms with van der Waals surface area (Å²) in [7, 11) is -3.07. The summed E-state index contributed by atoms with van der Waals surface area (Å²) in [5.74, 6) is 0.817. The number of benzene rings is 1. The first kappa shape index (κ1) is 16.8. The lowest BCUT2D eigenvalue weighted by Gasteiger charge is -2.20. The summed E-state index contributed by atoms with van der Waals surface area (Å²) in [6.45, 7) is 3.46. The number of sulfonamides is 1. The van der Waals surface area contributed by atoms with Gasteiger partial charge in [0.2, 0.25) is 10.0 Å². The second kappa shape index (κ2) is 6.90. The van der Waals surface area contributed by atoms with Crippen molar-refractivity contribution in [1.29, 1.82) is 0 Å². The Bertz CT molecular complexity index is 815. The van der Waals surface area contributed by atoms with Gasteiger partial charge in [0.15, 0.2) is 5.76 Å². The number of hydrogen-bond acceptors (Lipinski definition) is 5. The van der Waals surface area contributed by atoms with Gasteiger partial charge in [-0.15, -0.1) is 0 Å². The molecule has 0 radical (unpaired) electrons. The van der Waals surface area contributed by atoms with Gasteiger partial charge in [0.1, 0.15) is 5.69 Å². The molecule has 1 saturated carbocycles. The van der Waals surface area contributed by atoms with Crippen molar-refractivity contribution < 1.29 is 12.9 Å². The molecule has 2 fully saturated rings. The van der Waals surface area contributed by atoms with E-state index in [9.17, 15) is 8.42 Å². The second-order valence-corrected chi connectivity index (χ2v) is 9.03. The fourth-order valence-electron chi connectivity index (χ4n) is 3.29. The van der Waals surface area contributed by atoms with Crippen LogP contribution in [0.2, 0.25) is 0 Å². The smallest absolute Gasteiger partial charge is 0.217 e. The SMILES string of the molecule is O=S(=O)(C1CC1)N1CCCN(Cc2cc(-c3ccccc3)no2)CC1. The van der Waals surface area contributed by atoms with Gasteiger partial charge in [0.05, 0.1) is 11.8 Å². The minimum Gasteiger partial charge on any atom is -0.359 e. The molecule has 1 saturated heterocycles. The Hall–Kier alpha value is -1.70. The average Bonchev–Trinajstić information content (AvgIpc) is 3.41. The maximum atomic E-state index is 12.4. The second-order valence-electron chi connectivity index (χ2n) is 6.82. The van der Waals surface area contributed by atoms with Gasteiger partial charge in [0.25, 0.3) is 0 Å². The molecule has 4 rings (SSSR count). The van der Waals surface area contributed by atoms with E-state index in [4.69, 9.17) is 4.52 Å². The third-order valence-electron chi connectivity index (χ3n) is 4.86. The lowest BCUT2D eigenvalue weighted by Crippen LogP contribution is -2.37. The first-order valence-corrected chi connectivity index (χ1v) is 10.4. The van der Waals surface area contributed by atoms with Crippen LogP contribution in [0.25, 0.3) is 11.3 Å². The van der Waals surface area contributed by atoms with Crippen molar-refractivity contribution in [3.05, 3.63) is 42.2 Å². The Morgan fingerprint density at radius 1 is 1.08 bits per heavy atom. The first-order valence-electron chi connectivity index (χ1n) is 8.85. The number of hydrogen-bond donors (Lipinski definition) is 0. The van der Waals surface area contributed by atoms with E-state index in [-0.39, 0.29) is 5.25 Å². The molecule has 7 heteroatoms. The molecule has 134 valence electrons. The van der Waals surface area contributed by atoms with E-state index >= 15 is 0 Å². The zero-order valence-electron chi connectivity index (χ0n) is 14.2. The van der Waals surface area contributed by atoms with E-state index in [0.29, 0.717) is 19.6 Å². The standard InChI is InChI=1S/C18H23N3O3S/c22-25(23,17-7-8-17)21-10-4-9-20(11-12-21)14-16-13-18(19-24-16)15-5-2-1-3-6-15/h1-3,5-6,13,17H,4,7-12,14H2. The molecule has 2 aliphatic rings. The van der Waals surface area contributed by atoms with Crippen LogP contribution < -0.4 is 0 Å². The third-order valence-corrected chi connectivity index (χ3v) is 7.26. The van der Waals surface area contributed by atoms with E-state index in [2.05, 4.69) is 10.1 Å². The molecule has 1 aromatic carbocycles. The molecule has 1 aliphatic carbocycles. The fraction of sp³-hybridized carbons (Fsp3) is 0.500. The first-order chi connectivity index (χ1) is 12.1. The molecule has 0 N–H and O–H groups in total. The van der Waals surface area contributed by atoms with Gasteiger partial charge < -0.3 is 4.52 Å². The molecule has 2 heterocycles. The van der Waals surface area contributed by atoms with Crippen LogP contribution >= 0.6 is 0 Å². The highest BCUT2D eigenvalue weighted by atomic mass is 32.2. The molecular formula is C18H23N3O3S. The maximum Gasteiger partial charge on any atom is 0.217 e. The van der Waals surface area contributed by atoms with Crippen LogP contribution in [0.15, 0.2) is 40.9 Å². The molecule has 0 amide bonds. The lowest BCUT2D eigenvalue weighted by atomic mass is 10.1. The summed E-state index contributed by atoms with van der Waals surface area (Å²) < 4.78 is 32.0. The third kappa shape index (κ3) is 3.78. The fourth-order valence-corrected chi connectivity index (χ4v) is 5.16. The minimum atomic E-state index is -3.07. The Balaban J connectivity index is 1.38. The number of rotatable bonds is 5. The van der Waals surface area contributed by atoms with E-state index in [1.165, 1.54) is 0 Å². The zero-order chi connectivity index (χ0) is 17.3. The highest BCUT2D eigenvalue weighted by molar-refractivity contribution is 7.90. The van der Waals surface area contributed by atoms with Gasteiger partial charge in [0, 0.05) is 31.3 Å². The average molecular weight is 361 g/mol.